The lowest BCUT2D eigenvalue weighted by Crippen LogP contribution is -2.56. The third-order valence-electron chi connectivity index (χ3n) is 4.17. The molecule has 0 fully saturated rings. The summed E-state index contributed by atoms with van der Waals surface area (Å²) in [7, 11) is 3.04. The second-order valence-corrected chi connectivity index (χ2v) is 8.46. The van der Waals surface area contributed by atoms with Crippen LogP contribution in [0.25, 0.3) is 0 Å². The molecule has 9 heteroatoms. The lowest BCUT2D eigenvalue weighted by Gasteiger charge is -2.35. The van der Waals surface area contributed by atoms with Crippen molar-refractivity contribution in [3.05, 3.63) is 0 Å². The maximum atomic E-state index is 13.1. The Hall–Kier alpha value is -1.32. The summed E-state index contributed by atoms with van der Waals surface area (Å²) < 4.78 is 0. The molecule has 0 saturated carbocycles. The van der Waals surface area contributed by atoms with Crippen molar-refractivity contribution >= 4 is 29.5 Å². The minimum Gasteiger partial charge on any atom is -0.396 e. The van der Waals surface area contributed by atoms with Gasteiger partial charge in [0.1, 0.15) is 12.1 Å². The van der Waals surface area contributed by atoms with Gasteiger partial charge in [-0.05, 0) is 32.4 Å². The fourth-order valence-corrected chi connectivity index (χ4v) is 3.65. The number of rotatable bonds is 13. The van der Waals surface area contributed by atoms with Crippen LogP contribution in [0.4, 0.5) is 0 Å². The predicted molar refractivity (Wildman–Crippen MR) is 107 cm³/mol. The molecule has 4 N–H and O–H groups in total. The van der Waals surface area contributed by atoms with Crippen molar-refractivity contribution in [3.8, 4) is 0 Å². The first-order valence-electron chi connectivity index (χ1n) is 9.18. The van der Waals surface area contributed by atoms with E-state index in [2.05, 4.69) is 0 Å². The summed E-state index contributed by atoms with van der Waals surface area (Å²) in [4.78, 5) is 39.9. The van der Waals surface area contributed by atoms with E-state index in [1.54, 1.807) is 20.9 Å². The van der Waals surface area contributed by atoms with Gasteiger partial charge in [0.2, 0.25) is 17.7 Å². The number of aliphatic hydroxyl groups excluding tert-OH is 1. The molecule has 0 aliphatic heterocycles. The average Bonchev–Trinajstić information content (AvgIpc) is 2.57. The van der Waals surface area contributed by atoms with Crippen molar-refractivity contribution in [3.63, 3.8) is 0 Å². The van der Waals surface area contributed by atoms with E-state index in [9.17, 15) is 19.5 Å². The second-order valence-electron chi connectivity index (χ2n) is 7.31. The van der Waals surface area contributed by atoms with Crippen molar-refractivity contribution in [2.45, 2.75) is 64.1 Å². The first kappa shape index (κ1) is 25.7. The van der Waals surface area contributed by atoms with E-state index in [-0.39, 0.29) is 18.9 Å². The third kappa shape index (κ3) is 9.44. The highest BCUT2D eigenvalue weighted by Gasteiger charge is 2.36. The smallest absolute Gasteiger partial charge is 0.246 e. The Labute approximate surface area is 166 Å². The van der Waals surface area contributed by atoms with Crippen LogP contribution >= 0.6 is 11.8 Å². The van der Waals surface area contributed by atoms with Crippen LogP contribution in [0.1, 0.15) is 46.5 Å². The summed E-state index contributed by atoms with van der Waals surface area (Å²) in [6.45, 7) is 5.03. The number of amides is 3. The molecule has 27 heavy (non-hydrogen) atoms. The highest BCUT2D eigenvalue weighted by Crippen LogP contribution is 2.19. The van der Waals surface area contributed by atoms with Gasteiger partial charge in [-0.25, -0.2) is 0 Å². The van der Waals surface area contributed by atoms with E-state index in [0.717, 1.165) is 0 Å². The molecule has 0 heterocycles. The van der Waals surface area contributed by atoms with Crippen molar-refractivity contribution in [1.82, 2.24) is 9.80 Å². The standard InChI is InChI=1S/C18H35N3O5S/c1-6-8-15(23)20(4)14(12-27-10-7-9-22)17(25)21(5)13(16(19)24)11-18(2,3)26/h13-14,22,26H,6-12H2,1-5H3,(H2,19,24)/t13-,14-/m0/s1. The van der Waals surface area contributed by atoms with Crippen LogP contribution in [0.2, 0.25) is 0 Å². The van der Waals surface area contributed by atoms with Crippen LogP contribution < -0.4 is 5.73 Å². The Morgan fingerprint density at radius 1 is 1.15 bits per heavy atom. The molecule has 0 aliphatic rings. The molecule has 0 spiro atoms. The molecular weight excluding hydrogens is 370 g/mol. The number of likely N-dealkylation sites (N-methyl/N-ethyl adjacent to an activating group) is 2. The van der Waals surface area contributed by atoms with Crippen LogP contribution in [0.3, 0.4) is 0 Å². The van der Waals surface area contributed by atoms with Gasteiger partial charge in [0.15, 0.2) is 0 Å². The topological polar surface area (TPSA) is 124 Å². The average molecular weight is 406 g/mol. The zero-order valence-electron chi connectivity index (χ0n) is 17.1. The summed E-state index contributed by atoms with van der Waals surface area (Å²) in [6.07, 6.45) is 1.59. The highest BCUT2D eigenvalue weighted by atomic mass is 32.2. The van der Waals surface area contributed by atoms with Gasteiger partial charge in [-0.15, -0.1) is 0 Å². The van der Waals surface area contributed by atoms with Crippen LogP contribution in [0.15, 0.2) is 0 Å². The maximum Gasteiger partial charge on any atom is 0.246 e. The zero-order valence-corrected chi connectivity index (χ0v) is 17.9. The SMILES string of the molecule is CCCC(=O)N(C)[C@@H](CSCCCO)C(=O)N(C)[C@@H](CC(C)(C)O)C(N)=O. The zero-order chi connectivity index (χ0) is 21.2. The van der Waals surface area contributed by atoms with Crippen LogP contribution in [-0.4, -0.2) is 87.6 Å². The lowest BCUT2D eigenvalue weighted by molar-refractivity contribution is -0.147. The maximum absolute atomic E-state index is 13.1. The van der Waals surface area contributed by atoms with Gasteiger partial charge in [-0.3, -0.25) is 14.4 Å². The van der Waals surface area contributed by atoms with Gasteiger partial charge in [0, 0.05) is 39.3 Å². The van der Waals surface area contributed by atoms with E-state index >= 15 is 0 Å². The van der Waals surface area contributed by atoms with Crippen LogP contribution in [-0.2, 0) is 14.4 Å². The van der Waals surface area contributed by atoms with Crippen molar-refractivity contribution in [2.75, 3.05) is 32.2 Å². The third-order valence-corrected chi connectivity index (χ3v) is 5.30. The number of hydrogen-bond acceptors (Lipinski definition) is 6. The van der Waals surface area contributed by atoms with E-state index in [4.69, 9.17) is 10.8 Å². The number of carbonyl (C=O) groups is 3. The molecule has 0 aromatic heterocycles. The van der Waals surface area contributed by atoms with Crippen molar-refractivity contribution < 1.29 is 24.6 Å². The number of carbonyl (C=O) groups excluding carboxylic acids is 3. The Kier molecular flexibility index (Phi) is 11.6. The summed E-state index contributed by atoms with van der Waals surface area (Å²) in [6, 6.07) is -1.72. The minimum absolute atomic E-state index is 0.00156. The number of thioether (sulfide) groups is 1. The monoisotopic (exact) mass is 405 g/mol. The number of primary amides is 1. The second kappa shape index (κ2) is 12.2. The Morgan fingerprint density at radius 3 is 2.19 bits per heavy atom. The van der Waals surface area contributed by atoms with Crippen LogP contribution in [0, 0.1) is 0 Å². The number of nitrogens with zero attached hydrogens (tertiary/aromatic N) is 2. The molecule has 0 radical (unpaired) electrons. The number of nitrogens with two attached hydrogens (primary N) is 1. The first-order chi connectivity index (χ1) is 12.5. The number of aliphatic hydroxyl groups is 2. The largest absolute Gasteiger partial charge is 0.396 e. The van der Waals surface area contributed by atoms with E-state index < -0.39 is 29.5 Å². The number of hydrogen-bond donors (Lipinski definition) is 3. The quantitative estimate of drug-likeness (QED) is 0.376. The Bertz CT molecular complexity index is 496. The minimum atomic E-state index is -1.18. The molecule has 0 aromatic carbocycles. The van der Waals surface area contributed by atoms with Gasteiger partial charge >= 0.3 is 0 Å². The molecule has 0 rings (SSSR count). The molecule has 0 saturated heterocycles. The predicted octanol–water partition coefficient (Wildman–Crippen LogP) is 0.202. The normalized spacial score (nSPS) is 13.7. The van der Waals surface area contributed by atoms with E-state index in [1.165, 1.54) is 28.6 Å². The molecule has 0 aliphatic carbocycles. The lowest BCUT2D eigenvalue weighted by atomic mass is 9.97. The van der Waals surface area contributed by atoms with E-state index in [1.807, 2.05) is 6.92 Å². The van der Waals surface area contributed by atoms with Crippen molar-refractivity contribution in [1.29, 1.82) is 0 Å². The molecule has 0 aromatic rings. The molecule has 2 atom stereocenters. The summed E-state index contributed by atoms with van der Waals surface area (Å²) in [5.41, 5.74) is 4.27. The van der Waals surface area contributed by atoms with Crippen molar-refractivity contribution in [2.24, 2.45) is 5.73 Å². The van der Waals surface area contributed by atoms with Gasteiger partial charge in [-0.1, -0.05) is 6.92 Å². The first-order valence-corrected chi connectivity index (χ1v) is 10.3. The fraction of sp³-hybridized carbons (Fsp3) is 0.833. The van der Waals surface area contributed by atoms with Gasteiger partial charge in [0.05, 0.1) is 5.60 Å². The molecule has 0 bridgehead atoms. The summed E-state index contributed by atoms with van der Waals surface area (Å²) >= 11 is 1.46. The Morgan fingerprint density at radius 2 is 1.74 bits per heavy atom. The molecular formula is C18H35N3O5S. The van der Waals surface area contributed by atoms with E-state index in [0.29, 0.717) is 30.8 Å². The fourth-order valence-electron chi connectivity index (χ4n) is 2.56. The van der Waals surface area contributed by atoms with Gasteiger partial charge in [0.25, 0.3) is 0 Å². The molecule has 8 nitrogen and oxygen atoms in total. The Balaban J connectivity index is 5.42. The summed E-state index contributed by atoms with van der Waals surface area (Å²) in [5.74, 6) is -0.245. The molecule has 3 amide bonds. The molecule has 0 unspecified atom stereocenters. The van der Waals surface area contributed by atoms with Gasteiger partial charge < -0.3 is 25.7 Å². The highest BCUT2D eigenvalue weighted by molar-refractivity contribution is 7.99. The molecule has 158 valence electrons. The van der Waals surface area contributed by atoms with Crippen LogP contribution in [0.5, 0.6) is 0 Å². The van der Waals surface area contributed by atoms with Gasteiger partial charge in [-0.2, -0.15) is 11.8 Å². The summed E-state index contributed by atoms with van der Waals surface area (Å²) in [5, 5.41) is 18.9.